The lowest BCUT2D eigenvalue weighted by molar-refractivity contribution is -0.137. The smallest absolute Gasteiger partial charge is 0.416 e. The van der Waals surface area contributed by atoms with E-state index in [0.717, 1.165) is 23.8 Å². The topological polar surface area (TPSA) is 65.2 Å². The highest BCUT2D eigenvalue weighted by atomic mass is 19.4. The summed E-state index contributed by atoms with van der Waals surface area (Å²) in [5.41, 5.74) is 0.593. The summed E-state index contributed by atoms with van der Waals surface area (Å²) < 4.78 is 48.4. The minimum atomic E-state index is -4.54. The Morgan fingerprint density at radius 1 is 1.12 bits per heavy atom. The van der Waals surface area contributed by atoms with Crippen molar-refractivity contribution in [3.8, 4) is 11.5 Å². The van der Waals surface area contributed by atoms with E-state index in [0.29, 0.717) is 5.56 Å². The van der Waals surface area contributed by atoms with Crippen molar-refractivity contribution >= 4 is 5.97 Å². The molecule has 5 nitrogen and oxygen atoms in total. The second kappa shape index (κ2) is 6.99. The summed E-state index contributed by atoms with van der Waals surface area (Å²) in [5.74, 6) is -0.605. The van der Waals surface area contributed by atoms with Crippen molar-refractivity contribution in [3.05, 3.63) is 71.1 Å². The molecule has 0 fully saturated rings. The van der Waals surface area contributed by atoms with E-state index in [4.69, 9.17) is 9.15 Å². The fourth-order valence-electron chi connectivity index (χ4n) is 2.24. The maximum Gasteiger partial charge on any atom is 0.416 e. The zero-order chi connectivity index (χ0) is 18.7. The molecule has 0 aliphatic carbocycles. The van der Waals surface area contributed by atoms with E-state index in [9.17, 15) is 18.0 Å². The van der Waals surface area contributed by atoms with Gasteiger partial charge in [-0.25, -0.2) is 4.79 Å². The van der Waals surface area contributed by atoms with E-state index in [2.05, 4.69) is 10.2 Å². The number of benzene rings is 2. The number of alkyl halides is 3. The molecule has 0 saturated heterocycles. The molecule has 0 unspecified atom stereocenters. The van der Waals surface area contributed by atoms with Gasteiger partial charge < -0.3 is 9.15 Å². The van der Waals surface area contributed by atoms with Crippen molar-refractivity contribution in [3.63, 3.8) is 0 Å². The molecule has 1 aromatic heterocycles. The highest BCUT2D eigenvalue weighted by Crippen LogP contribution is 2.29. The van der Waals surface area contributed by atoms with Crippen LogP contribution in [-0.2, 0) is 17.5 Å². The Hall–Kier alpha value is -3.16. The third-order valence-corrected chi connectivity index (χ3v) is 3.48. The maximum atomic E-state index is 12.7. The highest BCUT2D eigenvalue weighted by Gasteiger charge is 2.31. The number of carbonyl (C=O) groups excluding carboxylic acids is 1. The van der Waals surface area contributed by atoms with Gasteiger partial charge in [0.2, 0.25) is 5.89 Å². The number of aromatic nitrogens is 2. The molecule has 1 heterocycles. The first-order valence-corrected chi connectivity index (χ1v) is 7.57. The Morgan fingerprint density at radius 3 is 2.62 bits per heavy atom. The lowest BCUT2D eigenvalue weighted by Crippen LogP contribution is -2.09. The molecular formula is C18H13F3N2O3. The van der Waals surface area contributed by atoms with E-state index in [1.807, 2.05) is 25.1 Å². The van der Waals surface area contributed by atoms with Gasteiger partial charge in [0.05, 0.1) is 11.1 Å². The van der Waals surface area contributed by atoms with Crippen LogP contribution >= 0.6 is 0 Å². The predicted molar refractivity (Wildman–Crippen MR) is 85.0 cm³/mol. The molecule has 0 radical (unpaired) electrons. The summed E-state index contributed by atoms with van der Waals surface area (Å²) in [4.78, 5) is 11.9. The molecule has 0 spiro atoms. The lowest BCUT2D eigenvalue weighted by Gasteiger charge is -2.08. The number of aryl methyl sites for hydroxylation is 1. The summed E-state index contributed by atoms with van der Waals surface area (Å²) in [7, 11) is 0. The Labute approximate surface area is 146 Å². The second-order valence-corrected chi connectivity index (χ2v) is 5.53. The van der Waals surface area contributed by atoms with Crippen LogP contribution in [0.25, 0.3) is 11.5 Å². The monoisotopic (exact) mass is 362 g/mol. The summed E-state index contributed by atoms with van der Waals surface area (Å²) in [6.45, 7) is 1.57. The Morgan fingerprint density at radius 2 is 1.88 bits per heavy atom. The van der Waals surface area contributed by atoms with Crippen molar-refractivity contribution < 1.29 is 27.1 Å². The molecule has 134 valence electrons. The van der Waals surface area contributed by atoms with E-state index < -0.39 is 17.7 Å². The van der Waals surface area contributed by atoms with E-state index in [1.54, 1.807) is 6.07 Å². The highest BCUT2D eigenvalue weighted by molar-refractivity contribution is 5.89. The van der Waals surface area contributed by atoms with Gasteiger partial charge in [0.1, 0.15) is 0 Å². The van der Waals surface area contributed by atoms with Crippen LogP contribution < -0.4 is 0 Å². The molecule has 0 amide bonds. The normalized spacial score (nSPS) is 11.4. The van der Waals surface area contributed by atoms with Gasteiger partial charge in [0, 0.05) is 5.56 Å². The molecular weight excluding hydrogens is 349 g/mol. The largest absolute Gasteiger partial charge is 0.452 e. The SMILES string of the molecule is Cc1cccc(-c2nnc(COC(=O)c3cccc(C(F)(F)F)c3)o2)c1. The van der Waals surface area contributed by atoms with Crippen molar-refractivity contribution in [2.45, 2.75) is 19.7 Å². The van der Waals surface area contributed by atoms with Crippen LogP contribution in [0.2, 0.25) is 0 Å². The fraction of sp³-hybridized carbons (Fsp3) is 0.167. The van der Waals surface area contributed by atoms with Crippen LogP contribution in [0, 0.1) is 6.92 Å². The Bertz CT molecular complexity index is 935. The first-order chi connectivity index (χ1) is 12.3. The molecule has 0 atom stereocenters. The van der Waals surface area contributed by atoms with Gasteiger partial charge in [-0.05, 0) is 37.3 Å². The van der Waals surface area contributed by atoms with Gasteiger partial charge in [-0.1, -0.05) is 23.8 Å². The summed E-state index contributed by atoms with van der Waals surface area (Å²) >= 11 is 0. The molecule has 2 aromatic carbocycles. The molecule has 0 bridgehead atoms. The van der Waals surface area contributed by atoms with Gasteiger partial charge in [0.25, 0.3) is 5.89 Å². The van der Waals surface area contributed by atoms with E-state index in [-0.39, 0.29) is 24.0 Å². The number of rotatable bonds is 4. The average Bonchev–Trinajstić information content (AvgIpc) is 3.08. The molecule has 0 aliphatic heterocycles. The first-order valence-electron chi connectivity index (χ1n) is 7.57. The van der Waals surface area contributed by atoms with Crippen molar-refractivity contribution in [2.75, 3.05) is 0 Å². The maximum absolute atomic E-state index is 12.7. The number of hydrogen-bond donors (Lipinski definition) is 0. The third kappa shape index (κ3) is 4.08. The summed E-state index contributed by atoms with van der Waals surface area (Å²) in [5, 5.41) is 7.64. The second-order valence-electron chi connectivity index (χ2n) is 5.53. The number of halogens is 3. The zero-order valence-electron chi connectivity index (χ0n) is 13.6. The number of esters is 1. The van der Waals surface area contributed by atoms with Gasteiger partial charge in [-0.15, -0.1) is 10.2 Å². The molecule has 0 aliphatic rings. The third-order valence-electron chi connectivity index (χ3n) is 3.48. The van der Waals surface area contributed by atoms with Crippen LogP contribution in [0.3, 0.4) is 0 Å². The van der Waals surface area contributed by atoms with Gasteiger partial charge in [0.15, 0.2) is 6.61 Å². The van der Waals surface area contributed by atoms with Crippen LogP contribution in [0.15, 0.2) is 52.9 Å². The van der Waals surface area contributed by atoms with Crippen LogP contribution in [0.5, 0.6) is 0 Å². The predicted octanol–water partition coefficient (Wildman–Crippen LogP) is 4.42. The van der Waals surface area contributed by atoms with Gasteiger partial charge in [-0.2, -0.15) is 13.2 Å². The summed E-state index contributed by atoms with van der Waals surface area (Å²) in [6, 6.07) is 11.4. The van der Waals surface area contributed by atoms with Crippen LogP contribution in [0.4, 0.5) is 13.2 Å². The first kappa shape index (κ1) is 17.7. The fourth-order valence-corrected chi connectivity index (χ4v) is 2.24. The number of carbonyl (C=O) groups is 1. The Balaban J connectivity index is 1.67. The number of ether oxygens (including phenoxy) is 1. The molecule has 26 heavy (non-hydrogen) atoms. The van der Waals surface area contributed by atoms with Crippen molar-refractivity contribution in [1.29, 1.82) is 0 Å². The molecule has 3 aromatic rings. The number of hydrogen-bond acceptors (Lipinski definition) is 5. The lowest BCUT2D eigenvalue weighted by atomic mass is 10.1. The minimum Gasteiger partial charge on any atom is -0.452 e. The van der Waals surface area contributed by atoms with E-state index >= 15 is 0 Å². The quantitative estimate of drug-likeness (QED) is 0.643. The minimum absolute atomic E-state index is 0.0434. The molecule has 0 N–H and O–H groups in total. The molecule has 8 heteroatoms. The van der Waals surface area contributed by atoms with Crippen molar-refractivity contribution in [2.24, 2.45) is 0 Å². The number of nitrogens with zero attached hydrogens (tertiary/aromatic N) is 2. The summed E-state index contributed by atoms with van der Waals surface area (Å²) in [6.07, 6.45) is -4.54. The standard InChI is InChI=1S/C18H13F3N2O3/c1-11-4-2-5-12(8-11)16-23-22-15(26-16)10-25-17(24)13-6-3-7-14(9-13)18(19,20)21/h2-9H,10H2,1H3. The Kier molecular flexibility index (Phi) is 4.75. The van der Waals surface area contributed by atoms with Crippen molar-refractivity contribution in [1.82, 2.24) is 10.2 Å². The molecule has 3 rings (SSSR count). The van der Waals surface area contributed by atoms with Crippen LogP contribution in [0.1, 0.15) is 27.4 Å². The van der Waals surface area contributed by atoms with Gasteiger partial charge in [-0.3, -0.25) is 0 Å². The zero-order valence-corrected chi connectivity index (χ0v) is 13.6. The van der Waals surface area contributed by atoms with Gasteiger partial charge >= 0.3 is 12.1 Å². The van der Waals surface area contributed by atoms with Crippen LogP contribution in [-0.4, -0.2) is 16.2 Å². The average molecular weight is 362 g/mol. The van der Waals surface area contributed by atoms with E-state index in [1.165, 1.54) is 6.07 Å². The molecule has 0 saturated carbocycles.